The van der Waals surface area contributed by atoms with Crippen LogP contribution in [0.25, 0.3) is 11.1 Å². The van der Waals surface area contributed by atoms with Crippen molar-refractivity contribution in [1.82, 2.24) is 39.7 Å². The highest BCUT2D eigenvalue weighted by Crippen LogP contribution is 2.38. The number of likely N-dealkylation sites (tertiary alicyclic amines) is 3. The van der Waals surface area contributed by atoms with Crippen molar-refractivity contribution in [3.63, 3.8) is 0 Å². The van der Waals surface area contributed by atoms with Gasteiger partial charge in [-0.1, -0.05) is 29.3 Å². The number of benzene rings is 2. The van der Waals surface area contributed by atoms with Crippen LogP contribution in [0, 0.1) is 5.82 Å². The first kappa shape index (κ1) is 47.4. The number of nitrogens with zero attached hydrogens (tertiary/aromatic N) is 7. The minimum Gasteiger partial charge on any atom is -0.482 e. The Labute approximate surface area is 404 Å². The van der Waals surface area contributed by atoms with Gasteiger partial charge in [0.05, 0.1) is 17.3 Å². The number of anilines is 2. The minimum absolute atomic E-state index is 0.1000. The van der Waals surface area contributed by atoms with Crippen molar-refractivity contribution in [2.24, 2.45) is 0 Å². The van der Waals surface area contributed by atoms with E-state index >= 15 is 0 Å². The fraction of sp³-hybridized carbons (Fsp3) is 0.490. The summed E-state index contributed by atoms with van der Waals surface area (Å²) in [7, 11) is 0. The maximum atomic E-state index is 14.2. The highest BCUT2D eigenvalue weighted by molar-refractivity contribution is 6.36. The molecule has 2 aromatic carbocycles. The molecule has 4 aromatic rings. The van der Waals surface area contributed by atoms with E-state index in [-0.39, 0.29) is 64.9 Å². The molecule has 3 unspecified atom stereocenters. The summed E-state index contributed by atoms with van der Waals surface area (Å²) >= 11 is 12.5. The highest BCUT2D eigenvalue weighted by atomic mass is 35.5. The second-order valence-corrected chi connectivity index (χ2v) is 19.5. The first-order valence-corrected chi connectivity index (χ1v) is 24.5. The SMILES string of the molecule is C[C@@H](Oc1cc(-c2cnn(C3CCN(C(=O)CCCCN4CC5CC4CN5CCCCC(=O)Nc4cccc5c4CN(C4CCC(=O)NC4=O)C5=O)CC3)c2)cnc1N)c1c(Cl)ccc(F)c1Cl. The van der Waals surface area contributed by atoms with Gasteiger partial charge in [-0.15, -0.1) is 0 Å². The number of nitrogen functional groups attached to an aromatic ring is 1. The van der Waals surface area contributed by atoms with Crippen LogP contribution >= 0.6 is 23.2 Å². The number of ether oxygens (including phenoxy) is 1. The largest absolute Gasteiger partial charge is 0.482 e. The third kappa shape index (κ3) is 10.2. The number of imide groups is 1. The zero-order chi connectivity index (χ0) is 47.6. The fourth-order valence-corrected chi connectivity index (χ4v) is 11.3. The van der Waals surface area contributed by atoms with Gasteiger partial charge < -0.3 is 25.6 Å². The van der Waals surface area contributed by atoms with Gasteiger partial charge >= 0.3 is 0 Å². The molecule has 2 bridgehead atoms. The van der Waals surface area contributed by atoms with Crippen molar-refractivity contribution in [2.75, 3.05) is 50.3 Å². The Morgan fingerprint density at radius 3 is 2.40 bits per heavy atom. The Bertz CT molecular complexity index is 2590. The number of aromatic nitrogens is 3. The molecule has 68 heavy (non-hydrogen) atoms. The van der Waals surface area contributed by atoms with Gasteiger partial charge in [-0.2, -0.15) is 5.10 Å². The molecule has 5 aliphatic heterocycles. The second-order valence-electron chi connectivity index (χ2n) is 18.7. The number of piperazine rings is 1. The molecule has 0 radical (unpaired) electrons. The smallest absolute Gasteiger partial charge is 0.255 e. The summed E-state index contributed by atoms with van der Waals surface area (Å²) in [6.07, 6.45) is 12.4. The number of rotatable bonds is 17. The number of pyridine rings is 1. The van der Waals surface area contributed by atoms with Crippen LogP contribution in [0.2, 0.25) is 10.0 Å². The predicted molar refractivity (Wildman–Crippen MR) is 254 cm³/mol. The Morgan fingerprint density at radius 2 is 1.68 bits per heavy atom. The lowest BCUT2D eigenvalue weighted by Crippen LogP contribution is -2.52. The molecule has 9 rings (SSSR count). The lowest BCUT2D eigenvalue weighted by Gasteiger charge is -2.34. The van der Waals surface area contributed by atoms with Crippen molar-refractivity contribution < 1.29 is 33.1 Å². The van der Waals surface area contributed by atoms with Crippen molar-refractivity contribution in [2.45, 2.75) is 114 Å². The van der Waals surface area contributed by atoms with E-state index in [1.165, 1.54) is 17.0 Å². The van der Waals surface area contributed by atoms with Gasteiger partial charge in [0.25, 0.3) is 5.91 Å². The quantitative estimate of drug-likeness (QED) is 0.0576. The molecule has 0 aliphatic carbocycles. The fourth-order valence-electron chi connectivity index (χ4n) is 10.6. The summed E-state index contributed by atoms with van der Waals surface area (Å²) in [5.41, 5.74) is 9.84. The third-order valence-corrected chi connectivity index (χ3v) is 15.0. The van der Waals surface area contributed by atoms with Crippen LogP contribution in [0.5, 0.6) is 5.75 Å². The molecular weight excluding hydrogens is 915 g/mol. The minimum atomic E-state index is -0.704. The van der Waals surface area contributed by atoms with Crippen LogP contribution in [0.3, 0.4) is 0 Å². The van der Waals surface area contributed by atoms with E-state index in [0.29, 0.717) is 66.1 Å². The number of unbranched alkanes of at least 4 members (excludes halogenated alkanes) is 2. The molecule has 7 heterocycles. The van der Waals surface area contributed by atoms with Gasteiger partial charge in [0.2, 0.25) is 23.6 Å². The van der Waals surface area contributed by atoms with Crippen LogP contribution in [-0.4, -0.2) is 121 Å². The summed E-state index contributed by atoms with van der Waals surface area (Å²) in [6, 6.07) is 10.2. The van der Waals surface area contributed by atoms with Crippen molar-refractivity contribution in [1.29, 1.82) is 0 Å². The van der Waals surface area contributed by atoms with E-state index in [4.69, 9.17) is 33.7 Å². The van der Waals surface area contributed by atoms with Crippen LogP contribution < -0.4 is 21.1 Å². The number of amides is 5. The number of piperidine rings is 2. The summed E-state index contributed by atoms with van der Waals surface area (Å²) in [5.74, 6) is -1.04. The summed E-state index contributed by atoms with van der Waals surface area (Å²) in [4.78, 5) is 76.4. The molecule has 360 valence electrons. The highest BCUT2D eigenvalue weighted by Gasteiger charge is 2.43. The molecule has 5 amide bonds. The molecule has 4 fully saturated rings. The number of hydrogen-bond donors (Lipinski definition) is 3. The second kappa shape index (κ2) is 20.5. The van der Waals surface area contributed by atoms with Gasteiger partial charge in [-0.05, 0) is 102 Å². The standard InChI is InChI=1S/C49H57Cl2FN10O6/c1-29(45-37(50)11-12-38(52)46(45)51)68-41-21-30(23-54-47(41)53)31-24-55-62(25-31)32-15-19-58(20-16-32)44(65)10-3-5-18-60-27-33-22-34(60)26-59(33)17-4-2-9-42(63)56-39-8-6-7-35-36(39)28-61(49(35)67)40-13-14-43(64)57-48(40)66/h6-8,11-12,21,23-25,29,32-34,40H,2-5,9-10,13-20,22,26-28H2,1H3,(H2,53,54)(H,56,63)(H,57,64,66)/t29-,33?,34?,40?/m1/s1. The predicted octanol–water partition coefficient (Wildman–Crippen LogP) is 6.78. The van der Waals surface area contributed by atoms with Gasteiger partial charge in [0.1, 0.15) is 18.0 Å². The van der Waals surface area contributed by atoms with Crippen LogP contribution in [0.4, 0.5) is 15.9 Å². The zero-order valence-electron chi connectivity index (χ0n) is 38.1. The molecular formula is C49H57Cl2FN10O6. The Kier molecular flexibility index (Phi) is 14.3. The lowest BCUT2D eigenvalue weighted by molar-refractivity contribution is -0.137. The summed E-state index contributed by atoms with van der Waals surface area (Å²) in [5, 5.41) is 10.2. The summed E-state index contributed by atoms with van der Waals surface area (Å²) in [6.45, 7) is 7.32. The van der Waals surface area contributed by atoms with E-state index in [1.807, 2.05) is 15.8 Å². The molecule has 2 aromatic heterocycles. The Balaban J connectivity index is 0.649. The van der Waals surface area contributed by atoms with E-state index in [9.17, 15) is 28.4 Å². The normalized spacial score (nSPS) is 21.4. The molecule has 19 heteroatoms. The number of nitrogens with two attached hydrogens (primary N) is 1. The first-order valence-electron chi connectivity index (χ1n) is 23.7. The van der Waals surface area contributed by atoms with E-state index in [2.05, 4.69) is 30.5 Å². The number of nitrogens with one attached hydrogen (secondary N) is 2. The maximum Gasteiger partial charge on any atom is 0.255 e. The van der Waals surface area contributed by atoms with Crippen molar-refractivity contribution in [3.8, 4) is 16.9 Å². The van der Waals surface area contributed by atoms with E-state index in [0.717, 1.165) is 82.3 Å². The van der Waals surface area contributed by atoms with Gasteiger partial charge in [-0.25, -0.2) is 9.37 Å². The monoisotopic (exact) mass is 970 g/mol. The molecule has 4 atom stereocenters. The number of halogens is 3. The van der Waals surface area contributed by atoms with E-state index < -0.39 is 23.9 Å². The number of hydrogen-bond acceptors (Lipinski definition) is 11. The van der Waals surface area contributed by atoms with Gasteiger partial charge in [0.15, 0.2) is 11.6 Å². The van der Waals surface area contributed by atoms with Crippen LogP contribution in [0.1, 0.15) is 111 Å². The Hall–Kier alpha value is -5.62. The lowest BCUT2D eigenvalue weighted by atomic mass is 10.0. The van der Waals surface area contributed by atoms with Gasteiger partial charge in [-0.3, -0.25) is 43.8 Å². The molecule has 4 saturated heterocycles. The average Bonchev–Trinajstić information content (AvgIpc) is 4.14. The van der Waals surface area contributed by atoms with Crippen molar-refractivity contribution >= 4 is 64.2 Å². The first-order chi connectivity index (χ1) is 32.8. The Morgan fingerprint density at radius 1 is 0.941 bits per heavy atom. The number of carbonyl (C=O) groups excluding carboxylic acids is 5. The molecule has 5 aliphatic rings. The zero-order valence-corrected chi connectivity index (χ0v) is 39.6. The number of carbonyl (C=O) groups is 5. The van der Waals surface area contributed by atoms with E-state index in [1.54, 1.807) is 43.6 Å². The third-order valence-electron chi connectivity index (χ3n) is 14.3. The molecule has 0 spiro atoms. The number of fused-ring (bicyclic) bond motifs is 3. The molecule has 16 nitrogen and oxygen atoms in total. The summed E-state index contributed by atoms with van der Waals surface area (Å²) < 4.78 is 22.2. The average molecular weight is 972 g/mol. The van der Waals surface area contributed by atoms with Gasteiger partial charge in [0, 0.05) is 115 Å². The topological polar surface area (TPSA) is 188 Å². The van der Waals surface area contributed by atoms with Crippen LogP contribution in [0.15, 0.2) is 55.0 Å². The van der Waals surface area contributed by atoms with Crippen LogP contribution in [-0.2, 0) is 25.7 Å². The molecule has 4 N–H and O–H groups in total. The van der Waals surface area contributed by atoms with Crippen molar-refractivity contribution in [3.05, 3.63) is 87.5 Å². The molecule has 0 saturated carbocycles. The maximum absolute atomic E-state index is 14.2.